The number of methoxy groups -OCH3 is 1. The van der Waals surface area contributed by atoms with Gasteiger partial charge in [0.15, 0.2) is 11.5 Å². The van der Waals surface area contributed by atoms with Crippen LogP contribution in [0.3, 0.4) is 0 Å². The maximum atomic E-state index is 13.6. The predicted octanol–water partition coefficient (Wildman–Crippen LogP) is 2.02. The van der Waals surface area contributed by atoms with Gasteiger partial charge in [0.2, 0.25) is 11.8 Å². The molecule has 0 spiro atoms. The molecule has 2 amide bonds. The highest BCUT2D eigenvalue weighted by Crippen LogP contribution is 2.51. The fraction of sp³-hybridized carbons (Fsp3) is 0.419. The summed E-state index contributed by atoms with van der Waals surface area (Å²) in [5.74, 6) is -0.834. The van der Waals surface area contributed by atoms with Crippen LogP contribution in [0.4, 0.5) is 0 Å². The fourth-order valence-electron chi connectivity index (χ4n) is 5.87. The number of aliphatic hydroxyl groups excluding tert-OH is 3. The number of H-pyrrole nitrogens is 1. The Hall–Kier alpha value is -3.86. The molecule has 0 saturated heterocycles. The van der Waals surface area contributed by atoms with Crippen LogP contribution in [0.25, 0.3) is 10.9 Å². The Bertz CT molecular complexity index is 1430. The summed E-state index contributed by atoms with van der Waals surface area (Å²) in [4.78, 5) is 32.1. The molecule has 1 aliphatic carbocycles. The zero-order chi connectivity index (χ0) is 29.3. The van der Waals surface area contributed by atoms with E-state index < -0.39 is 30.1 Å². The summed E-state index contributed by atoms with van der Waals surface area (Å²) in [5.41, 5.74) is 3.46. The molecule has 0 fully saturated rings. The van der Waals surface area contributed by atoms with E-state index in [1.165, 1.54) is 7.11 Å². The second kappa shape index (κ2) is 11.9. The quantitative estimate of drug-likeness (QED) is 0.254. The SMILES string of the molecule is COc1cc(CO)cc2c1O[C@@H]1[C@@H](O)[C@H](N(CCc3cc4ccccc4[nH]3)C(=O)C(C)C)C=C(C(=O)NCCO)[C@H]21. The third-order valence-corrected chi connectivity index (χ3v) is 7.84. The standard InChI is InChI=1S/C31H37N3O7/c1-17(2)31(39)34(10-8-20-14-19-6-4-5-7-23(19)33-20)24-15-22(30(38)32-9-11-35)26-21-12-18(16-36)13-25(40-3)28(21)41-29(26)27(24)37/h4-7,12-15,17,24,26-27,29,33,35-37H,8-11,16H2,1-3H3,(H,32,38)/t24-,26+,27+,29+/m1/s1. The lowest BCUT2D eigenvalue weighted by molar-refractivity contribution is -0.140. The number of aromatic nitrogens is 1. The Morgan fingerprint density at radius 1 is 1.17 bits per heavy atom. The summed E-state index contributed by atoms with van der Waals surface area (Å²) in [7, 11) is 1.49. The van der Waals surface area contributed by atoms with Crippen LogP contribution in [-0.4, -0.2) is 82.1 Å². The number of carbonyl (C=O) groups is 2. The van der Waals surface area contributed by atoms with Crippen molar-refractivity contribution in [1.82, 2.24) is 15.2 Å². The van der Waals surface area contributed by atoms with Crippen molar-refractivity contribution < 1.29 is 34.4 Å². The molecular formula is C31H37N3O7. The van der Waals surface area contributed by atoms with Gasteiger partial charge in [0.05, 0.1) is 32.3 Å². The lowest BCUT2D eigenvalue weighted by Gasteiger charge is -2.41. The van der Waals surface area contributed by atoms with Crippen LogP contribution in [0.1, 0.15) is 36.6 Å². The summed E-state index contributed by atoms with van der Waals surface area (Å²) < 4.78 is 11.8. The lowest BCUT2D eigenvalue weighted by atomic mass is 9.77. The summed E-state index contributed by atoms with van der Waals surface area (Å²) in [5, 5.41) is 34.7. The monoisotopic (exact) mass is 563 g/mol. The van der Waals surface area contributed by atoms with Gasteiger partial charge in [0, 0.05) is 47.8 Å². The van der Waals surface area contributed by atoms with Gasteiger partial charge in [0.1, 0.15) is 12.2 Å². The van der Waals surface area contributed by atoms with Gasteiger partial charge in [-0.15, -0.1) is 0 Å². The Morgan fingerprint density at radius 3 is 2.63 bits per heavy atom. The van der Waals surface area contributed by atoms with Gasteiger partial charge in [-0.1, -0.05) is 32.0 Å². The number of carbonyl (C=O) groups excluding carboxylic acids is 2. The van der Waals surface area contributed by atoms with Gasteiger partial charge in [-0.2, -0.15) is 0 Å². The van der Waals surface area contributed by atoms with Crippen LogP contribution in [0, 0.1) is 5.92 Å². The molecule has 41 heavy (non-hydrogen) atoms. The average molecular weight is 564 g/mol. The second-order valence-electron chi connectivity index (χ2n) is 10.8. The number of hydrogen-bond acceptors (Lipinski definition) is 7. The van der Waals surface area contributed by atoms with E-state index in [1.807, 2.05) is 30.3 Å². The Balaban J connectivity index is 1.54. The molecular weight excluding hydrogens is 526 g/mol. The van der Waals surface area contributed by atoms with Crippen molar-refractivity contribution in [3.05, 3.63) is 70.9 Å². The molecule has 1 aliphatic heterocycles. The summed E-state index contributed by atoms with van der Waals surface area (Å²) in [6.45, 7) is 3.47. The van der Waals surface area contributed by atoms with E-state index in [0.29, 0.717) is 41.2 Å². The molecule has 5 rings (SSSR count). The highest BCUT2D eigenvalue weighted by atomic mass is 16.5. The van der Waals surface area contributed by atoms with Gasteiger partial charge in [-0.25, -0.2) is 0 Å². The molecule has 0 saturated carbocycles. The second-order valence-corrected chi connectivity index (χ2v) is 10.8. The van der Waals surface area contributed by atoms with Gasteiger partial charge in [0.25, 0.3) is 0 Å². The third-order valence-electron chi connectivity index (χ3n) is 7.84. The summed E-state index contributed by atoms with van der Waals surface area (Å²) in [6, 6.07) is 12.5. The van der Waals surface area contributed by atoms with Gasteiger partial charge in [-0.3, -0.25) is 9.59 Å². The number of nitrogens with zero attached hydrogens (tertiary/aromatic N) is 1. The normalized spacial score (nSPS) is 21.2. The number of aliphatic hydroxyl groups is 3. The van der Waals surface area contributed by atoms with Crippen LogP contribution in [0.2, 0.25) is 0 Å². The number of hydrogen-bond donors (Lipinski definition) is 5. The highest BCUT2D eigenvalue weighted by molar-refractivity contribution is 5.96. The molecule has 1 aromatic heterocycles. The number of ether oxygens (including phenoxy) is 2. The minimum absolute atomic E-state index is 0.0452. The van der Waals surface area contributed by atoms with Crippen molar-refractivity contribution in [3.63, 3.8) is 0 Å². The minimum Gasteiger partial charge on any atom is -0.493 e. The molecule has 2 heterocycles. The Kier molecular flexibility index (Phi) is 8.35. The van der Waals surface area contributed by atoms with Gasteiger partial charge < -0.3 is 40.0 Å². The van der Waals surface area contributed by atoms with E-state index in [9.17, 15) is 24.9 Å². The van der Waals surface area contributed by atoms with Crippen molar-refractivity contribution in [2.75, 3.05) is 26.8 Å². The molecule has 4 atom stereocenters. The molecule has 0 unspecified atom stereocenters. The summed E-state index contributed by atoms with van der Waals surface area (Å²) >= 11 is 0. The largest absolute Gasteiger partial charge is 0.493 e. The van der Waals surface area contributed by atoms with Crippen molar-refractivity contribution >= 4 is 22.7 Å². The Labute approximate surface area is 238 Å². The third kappa shape index (κ3) is 5.42. The molecule has 10 nitrogen and oxygen atoms in total. The van der Waals surface area contributed by atoms with Crippen LogP contribution in [-0.2, 0) is 22.6 Å². The van der Waals surface area contributed by atoms with E-state index in [-0.39, 0.29) is 31.6 Å². The summed E-state index contributed by atoms with van der Waals surface area (Å²) in [6.07, 6.45) is 0.127. The molecule has 2 aliphatic rings. The van der Waals surface area contributed by atoms with Crippen molar-refractivity contribution in [2.24, 2.45) is 5.92 Å². The number of benzene rings is 2. The molecule has 0 bridgehead atoms. The highest BCUT2D eigenvalue weighted by Gasteiger charge is 2.51. The minimum atomic E-state index is -1.16. The van der Waals surface area contributed by atoms with Crippen LogP contribution in [0.15, 0.2) is 54.1 Å². The molecule has 2 aromatic carbocycles. The van der Waals surface area contributed by atoms with Crippen LogP contribution >= 0.6 is 0 Å². The number of para-hydroxylation sites is 1. The predicted molar refractivity (Wildman–Crippen MR) is 153 cm³/mol. The van der Waals surface area contributed by atoms with Gasteiger partial charge >= 0.3 is 0 Å². The maximum Gasteiger partial charge on any atom is 0.247 e. The first-order valence-electron chi connectivity index (χ1n) is 13.9. The Morgan fingerprint density at radius 2 is 1.95 bits per heavy atom. The van der Waals surface area contributed by atoms with E-state index in [0.717, 1.165) is 16.6 Å². The fourth-order valence-corrected chi connectivity index (χ4v) is 5.87. The first kappa shape index (κ1) is 28.7. The van der Waals surface area contributed by atoms with E-state index >= 15 is 0 Å². The number of nitrogens with one attached hydrogen (secondary N) is 2. The van der Waals surface area contributed by atoms with Gasteiger partial charge in [-0.05, 0) is 41.3 Å². The molecule has 3 aromatic rings. The van der Waals surface area contributed by atoms with E-state index in [2.05, 4.69) is 10.3 Å². The number of fused-ring (bicyclic) bond motifs is 4. The van der Waals surface area contributed by atoms with Crippen LogP contribution < -0.4 is 14.8 Å². The van der Waals surface area contributed by atoms with Crippen LogP contribution in [0.5, 0.6) is 11.5 Å². The molecule has 5 N–H and O–H groups in total. The van der Waals surface area contributed by atoms with Crippen molar-refractivity contribution in [2.45, 2.75) is 51.0 Å². The molecule has 0 radical (unpaired) electrons. The first-order valence-corrected chi connectivity index (χ1v) is 13.9. The van der Waals surface area contributed by atoms with E-state index in [4.69, 9.17) is 9.47 Å². The average Bonchev–Trinajstić information content (AvgIpc) is 3.58. The lowest BCUT2D eigenvalue weighted by Crippen LogP contribution is -2.56. The zero-order valence-electron chi connectivity index (χ0n) is 23.5. The zero-order valence-corrected chi connectivity index (χ0v) is 23.5. The maximum absolute atomic E-state index is 13.6. The van der Waals surface area contributed by atoms with E-state index in [1.54, 1.807) is 37.0 Å². The number of amides is 2. The number of aromatic amines is 1. The van der Waals surface area contributed by atoms with Crippen molar-refractivity contribution in [3.8, 4) is 11.5 Å². The smallest absolute Gasteiger partial charge is 0.247 e. The first-order chi connectivity index (χ1) is 19.8. The molecule has 10 heteroatoms. The topological polar surface area (TPSA) is 144 Å². The molecule has 218 valence electrons. The van der Waals surface area contributed by atoms with Crippen molar-refractivity contribution in [1.29, 1.82) is 0 Å². The number of rotatable bonds is 10.